The summed E-state index contributed by atoms with van der Waals surface area (Å²) in [5, 5.41) is 4.47. The molecule has 3 aromatic rings. The molecule has 0 saturated carbocycles. The minimum absolute atomic E-state index is 0.242. The number of rotatable bonds is 3. The lowest BCUT2D eigenvalue weighted by Crippen LogP contribution is -2.33. The summed E-state index contributed by atoms with van der Waals surface area (Å²) in [5.41, 5.74) is 3.13. The fraction of sp³-hybridized carbons (Fsp3) is 0.0769. The van der Waals surface area contributed by atoms with E-state index in [-0.39, 0.29) is 5.88 Å². The van der Waals surface area contributed by atoms with E-state index in [1.54, 1.807) is 4.68 Å². The number of carbonyl (C=O) groups excluding carboxylic acids is 1. The van der Waals surface area contributed by atoms with Crippen LogP contribution in [0.15, 0.2) is 47.7 Å². The van der Waals surface area contributed by atoms with E-state index in [9.17, 15) is 9.59 Å². The Kier molecular flexibility index (Phi) is 3.41. The van der Waals surface area contributed by atoms with Gasteiger partial charge in [0.05, 0.1) is 11.9 Å². The van der Waals surface area contributed by atoms with Crippen LogP contribution >= 0.6 is 11.6 Å². The zero-order valence-corrected chi connectivity index (χ0v) is 11.5. The van der Waals surface area contributed by atoms with E-state index in [0.717, 1.165) is 10.4 Å². The third-order valence-corrected chi connectivity index (χ3v) is 3.10. The Balaban J connectivity index is 2.11. The van der Waals surface area contributed by atoms with Gasteiger partial charge < -0.3 is 0 Å². The van der Waals surface area contributed by atoms with Crippen molar-refractivity contribution < 1.29 is 4.79 Å². The Labute approximate surface area is 123 Å². The molecule has 7 nitrogen and oxygen atoms in total. The third kappa shape index (κ3) is 2.38. The van der Waals surface area contributed by atoms with E-state index >= 15 is 0 Å². The van der Waals surface area contributed by atoms with E-state index in [4.69, 9.17) is 11.6 Å². The van der Waals surface area contributed by atoms with Crippen LogP contribution in [-0.2, 0) is 4.79 Å². The van der Waals surface area contributed by atoms with Crippen LogP contribution in [0.3, 0.4) is 0 Å². The minimum Gasteiger partial charge on any atom is -0.272 e. The number of para-hydroxylation sites is 1. The van der Waals surface area contributed by atoms with Crippen molar-refractivity contribution >= 4 is 28.5 Å². The monoisotopic (exact) mass is 303 g/mol. The molecule has 0 aliphatic heterocycles. The maximum absolute atomic E-state index is 12.2. The first-order chi connectivity index (χ1) is 10.2. The van der Waals surface area contributed by atoms with Crippen LogP contribution in [0, 0.1) is 0 Å². The topological polar surface area (TPSA) is 81.8 Å². The van der Waals surface area contributed by atoms with Gasteiger partial charge in [-0.2, -0.15) is 5.10 Å². The standard InChI is InChI=1S/C13H10ClN5O2/c14-6-11(20)17-18-8-15-12-10(13(18)21)7-16-19(12)9-4-2-1-3-5-9/h1-5,7-8H,6H2,(H,17,20). The molecule has 106 valence electrons. The summed E-state index contributed by atoms with van der Waals surface area (Å²) in [4.78, 5) is 27.7. The summed E-state index contributed by atoms with van der Waals surface area (Å²) in [5.74, 6) is -0.733. The Morgan fingerprint density at radius 3 is 2.76 bits per heavy atom. The van der Waals surface area contributed by atoms with E-state index in [1.165, 1.54) is 12.5 Å². The number of hydrogen-bond donors (Lipinski definition) is 1. The lowest BCUT2D eigenvalue weighted by Gasteiger charge is -2.06. The van der Waals surface area contributed by atoms with Gasteiger partial charge in [0.15, 0.2) is 5.65 Å². The van der Waals surface area contributed by atoms with Crippen molar-refractivity contribution in [2.75, 3.05) is 11.3 Å². The number of hydrogen-bond acceptors (Lipinski definition) is 4. The van der Waals surface area contributed by atoms with E-state index < -0.39 is 11.5 Å². The molecule has 1 amide bonds. The van der Waals surface area contributed by atoms with Gasteiger partial charge in [-0.15, -0.1) is 11.6 Å². The van der Waals surface area contributed by atoms with Gasteiger partial charge in [-0.05, 0) is 12.1 Å². The summed E-state index contributed by atoms with van der Waals surface area (Å²) in [7, 11) is 0. The Hall–Kier alpha value is -2.67. The molecule has 0 radical (unpaired) electrons. The van der Waals surface area contributed by atoms with Crippen molar-refractivity contribution in [2.24, 2.45) is 0 Å². The van der Waals surface area contributed by atoms with Gasteiger partial charge in [-0.25, -0.2) is 14.3 Å². The summed E-state index contributed by atoms with van der Waals surface area (Å²) in [6.45, 7) is 0. The fourth-order valence-electron chi connectivity index (χ4n) is 1.91. The molecule has 3 rings (SSSR count). The molecular formula is C13H10ClN5O2. The Morgan fingerprint density at radius 1 is 1.29 bits per heavy atom. The largest absolute Gasteiger partial charge is 0.283 e. The Bertz CT molecular complexity index is 856. The average molecular weight is 304 g/mol. The van der Waals surface area contributed by atoms with Gasteiger partial charge in [-0.1, -0.05) is 18.2 Å². The van der Waals surface area contributed by atoms with Gasteiger partial charge in [0.25, 0.3) is 11.5 Å². The summed E-state index contributed by atoms with van der Waals surface area (Å²) in [6, 6.07) is 9.33. The molecule has 2 aromatic heterocycles. The molecule has 21 heavy (non-hydrogen) atoms. The molecule has 0 spiro atoms. The van der Waals surface area contributed by atoms with Gasteiger partial charge in [-0.3, -0.25) is 15.0 Å². The molecular weight excluding hydrogens is 294 g/mol. The molecule has 1 N–H and O–H groups in total. The molecule has 0 unspecified atom stereocenters. The Morgan fingerprint density at radius 2 is 2.05 bits per heavy atom. The van der Waals surface area contributed by atoms with Crippen molar-refractivity contribution in [3.05, 3.63) is 53.2 Å². The zero-order valence-electron chi connectivity index (χ0n) is 10.7. The second-order valence-corrected chi connectivity index (χ2v) is 4.48. The number of fused-ring (bicyclic) bond motifs is 1. The minimum atomic E-state index is -0.490. The number of nitrogens with one attached hydrogen (secondary N) is 1. The van der Waals surface area contributed by atoms with Crippen molar-refractivity contribution in [1.29, 1.82) is 0 Å². The number of aromatic nitrogens is 4. The maximum atomic E-state index is 12.2. The zero-order chi connectivity index (χ0) is 14.8. The highest BCUT2D eigenvalue weighted by molar-refractivity contribution is 6.28. The third-order valence-electron chi connectivity index (χ3n) is 2.86. The smallest absolute Gasteiger partial charge is 0.272 e. The number of carbonyl (C=O) groups is 1. The van der Waals surface area contributed by atoms with Crippen LogP contribution in [0.25, 0.3) is 16.7 Å². The molecule has 0 atom stereocenters. The van der Waals surface area contributed by atoms with Crippen LogP contribution < -0.4 is 11.0 Å². The molecule has 0 saturated heterocycles. The number of benzene rings is 1. The predicted octanol–water partition coefficient (Wildman–Crippen LogP) is 0.891. The van der Waals surface area contributed by atoms with Crippen LogP contribution in [0.1, 0.15) is 0 Å². The number of nitrogens with zero attached hydrogens (tertiary/aromatic N) is 4. The van der Waals surface area contributed by atoms with Crippen molar-refractivity contribution in [2.45, 2.75) is 0 Å². The van der Waals surface area contributed by atoms with E-state index in [0.29, 0.717) is 11.0 Å². The van der Waals surface area contributed by atoms with Gasteiger partial charge in [0, 0.05) is 0 Å². The lowest BCUT2D eigenvalue weighted by molar-refractivity contribution is -0.114. The SMILES string of the molecule is O=C(CCl)Nn1cnc2c(cnn2-c2ccccc2)c1=O. The highest BCUT2D eigenvalue weighted by Crippen LogP contribution is 2.12. The molecule has 0 fully saturated rings. The highest BCUT2D eigenvalue weighted by Gasteiger charge is 2.12. The van der Waals surface area contributed by atoms with Crippen LogP contribution in [0.4, 0.5) is 0 Å². The highest BCUT2D eigenvalue weighted by atomic mass is 35.5. The molecule has 8 heteroatoms. The maximum Gasteiger partial charge on any atom is 0.283 e. The lowest BCUT2D eigenvalue weighted by atomic mass is 10.3. The van der Waals surface area contributed by atoms with Gasteiger partial charge >= 0.3 is 0 Å². The van der Waals surface area contributed by atoms with E-state index in [2.05, 4.69) is 15.5 Å². The van der Waals surface area contributed by atoms with Crippen LogP contribution in [0.5, 0.6) is 0 Å². The summed E-state index contributed by atoms with van der Waals surface area (Å²) >= 11 is 5.39. The molecule has 1 aromatic carbocycles. The molecule has 0 bridgehead atoms. The first-order valence-electron chi connectivity index (χ1n) is 6.07. The van der Waals surface area contributed by atoms with Crippen molar-refractivity contribution in [3.63, 3.8) is 0 Å². The first kappa shape index (κ1) is 13.3. The van der Waals surface area contributed by atoms with Gasteiger partial charge in [0.2, 0.25) is 0 Å². The summed E-state index contributed by atoms with van der Waals surface area (Å²) < 4.78 is 2.55. The van der Waals surface area contributed by atoms with Crippen LogP contribution in [0.2, 0.25) is 0 Å². The normalized spacial score (nSPS) is 10.7. The van der Waals surface area contributed by atoms with Crippen molar-refractivity contribution in [3.8, 4) is 5.69 Å². The fourth-order valence-corrected chi connectivity index (χ4v) is 1.97. The second kappa shape index (κ2) is 5.37. The summed E-state index contributed by atoms with van der Waals surface area (Å²) in [6.07, 6.45) is 2.65. The number of alkyl halides is 1. The second-order valence-electron chi connectivity index (χ2n) is 4.22. The number of halogens is 1. The van der Waals surface area contributed by atoms with E-state index in [1.807, 2.05) is 30.3 Å². The van der Waals surface area contributed by atoms with Gasteiger partial charge in [0.1, 0.15) is 17.6 Å². The predicted molar refractivity (Wildman–Crippen MR) is 78.2 cm³/mol. The number of amides is 1. The van der Waals surface area contributed by atoms with Crippen molar-refractivity contribution in [1.82, 2.24) is 19.4 Å². The molecule has 0 aliphatic rings. The first-order valence-corrected chi connectivity index (χ1v) is 6.61. The average Bonchev–Trinajstić information content (AvgIpc) is 2.95. The quantitative estimate of drug-likeness (QED) is 0.729. The molecule has 2 heterocycles. The molecule has 0 aliphatic carbocycles. The van der Waals surface area contributed by atoms with Crippen LogP contribution in [-0.4, -0.2) is 31.2 Å².